The van der Waals surface area contributed by atoms with E-state index in [9.17, 15) is 18.0 Å². The van der Waals surface area contributed by atoms with Crippen LogP contribution in [-0.2, 0) is 12.8 Å². The number of benzene rings is 2. The summed E-state index contributed by atoms with van der Waals surface area (Å²) in [5.74, 6) is -1.28. The van der Waals surface area contributed by atoms with Gasteiger partial charge in [0.05, 0.1) is 11.1 Å². The lowest BCUT2D eigenvalue weighted by molar-refractivity contribution is -0.274. The number of hydrogen-bond acceptors (Lipinski definition) is 5. The molecule has 0 bridgehead atoms. The van der Waals surface area contributed by atoms with E-state index in [4.69, 9.17) is 10.3 Å². The third-order valence-electron chi connectivity index (χ3n) is 5.25. The fraction of sp³-hybridized carbons (Fsp3) is 0.190. The minimum atomic E-state index is -4.90. The summed E-state index contributed by atoms with van der Waals surface area (Å²) in [6, 6.07) is 8.92. The number of amides is 1. The summed E-state index contributed by atoms with van der Waals surface area (Å²) in [6.07, 6.45) is -1.76. The van der Waals surface area contributed by atoms with Crippen molar-refractivity contribution in [3.63, 3.8) is 0 Å². The monoisotopic (exact) mass is 428 g/mol. The second-order valence-electron chi connectivity index (χ2n) is 7.24. The molecule has 0 radical (unpaired) electrons. The van der Waals surface area contributed by atoms with Crippen molar-refractivity contribution >= 4 is 16.8 Å². The largest absolute Gasteiger partial charge is 0.573 e. The van der Waals surface area contributed by atoms with E-state index in [-0.39, 0.29) is 22.8 Å². The number of carbonyl (C=O) groups is 1. The lowest BCUT2D eigenvalue weighted by Gasteiger charge is -2.10. The first-order chi connectivity index (χ1) is 14.8. The summed E-state index contributed by atoms with van der Waals surface area (Å²) in [5, 5.41) is 5.07. The van der Waals surface area contributed by atoms with Gasteiger partial charge in [0.2, 0.25) is 11.7 Å². The number of H-pyrrole nitrogens is 1. The van der Waals surface area contributed by atoms with Crippen molar-refractivity contribution in [1.29, 1.82) is 0 Å². The molecule has 31 heavy (non-hydrogen) atoms. The van der Waals surface area contributed by atoms with Gasteiger partial charge in [-0.1, -0.05) is 5.16 Å². The Morgan fingerprint density at radius 2 is 2.00 bits per heavy atom. The molecule has 2 aromatic carbocycles. The minimum absolute atomic E-state index is 0.0400. The molecule has 2 aromatic heterocycles. The molecule has 0 saturated carbocycles. The Balaban J connectivity index is 1.52. The van der Waals surface area contributed by atoms with Crippen molar-refractivity contribution in [2.75, 3.05) is 0 Å². The summed E-state index contributed by atoms with van der Waals surface area (Å²) >= 11 is 0. The number of halogens is 3. The van der Waals surface area contributed by atoms with Crippen molar-refractivity contribution in [2.24, 2.45) is 5.73 Å². The van der Waals surface area contributed by atoms with Gasteiger partial charge in [0.25, 0.3) is 5.89 Å². The van der Waals surface area contributed by atoms with Crippen LogP contribution in [0.4, 0.5) is 13.2 Å². The number of nitrogens with two attached hydrogens (primary N) is 1. The Bertz CT molecular complexity index is 1320. The molecule has 1 aliphatic carbocycles. The molecule has 1 amide bonds. The molecule has 3 N–H and O–H groups in total. The molecular formula is C21H15F3N4O3. The van der Waals surface area contributed by atoms with Gasteiger partial charge in [-0.2, -0.15) is 4.98 Å². The number of carbonyl (C=O) groups excluding carboxylic acids is 1. The Labute approximate surface area is 173 Å². The molecule has 2 heterocycles. The molecule has 0 spiro atoms. The Morgan fingerprint density at radius 1 is 1.16 bits per heavy atom. The van der Waals surface area contributed by atoms with Gasteiger partial charge in [0, 0.05) is 22.2 Å². The quantitative estimate of drug-likeness (QED) is 0.502. The van der Waals surface area contributed by atoms with Crippen LogP contribution in [0.5, 0.6) is 5.75 Å². The summed E-state index contributed by atoms with van der Waals surface area (Å²) in [4.78, 5) is 19.6. The first-order valence-electron chi connectivity index (χ1n) is 9.46. The third-order valence-corrected chi connectivity index (χ3v) is 5.25. The average molecular weight is 428 g/mol. The van der Waals surface area contributed by atoms with Crippen molar-refractivity contribution < 1.29 is 27.2 Å². The summed E-state index contributed by atoms with van der Waals surface area (Å²) in [5.41, 5.74) is 9.51. The van der Waals surface area contributed by atoms with E-state index < -0.39 is 18.0 Å². The van der Waals surface area contributed by atoms with Crippen LogP contribution >= 0.6 is 0 Å². The maximum atomic E-state index is 12.5. The highest BCUT2D eigenvalue weighted by molar-refractivity contribution is 5.99. The van der Waals surface area contributed by atoms with Crippen molar-refractivity contribution in [1.82, 2.24) is 15.1 Å². The number of aromatic nitrogens is 3. The molecule has 0 saturated heterocycles. The van der Waals surface area contributed by atoms with Gasteiger partial charge < -0.3 is 20.0 Å². The lowest BCUT2D eigenvalue weighted by atomic mass is 10.1. The Hall–Kier alpha value is -3.82. The molecule has 0 aliphatic heterocycles. The van der Waals surface area contributed by atoms with Crippen LogP contribution in [0.15, 0.2) is 40.9 Å². The van der Waals surface area contributed by atoms with E-state index in [0.717, 1.165) is 42.3 Å². The van der Waals surface area contributed by atoms with Gasteiger partial charge in [0.1, 0.15) is 5.75 Å². The number of nitrogens with one attached hydrogen (secondary N) is 1. The number of primary amides is 1. The lowest BCUT2D eigenvalue weighted by Crippen LogP contribution is -2.18. The first-order valence-corrected chi connectivity index (χ1v) is 9.46. The van der Waals surface area contributed by atoms with Gasteiger partial charge in [-0.25, -0.2) is 0 Å². The van der Waals surface area contributed by atoms with Gasteiger partial charge >= 0.3 is 6.36 Å². The molecule has 0 atom stereocenters. The van der Waals surface area contributed by atoms with Crippen LogP contribution in [-0.4, -0.2) is 27.4 Å². The number of ether oxygens (including phenoxy) is 1. The molecule has 0 unspecified atom stereocenters. The fourth-order valence-corrected chi connectivity index (χ4v) is 3.94. The summed E-state index contributed by atoms with van der Waals surface area (Å²) < 4.78 is 46.6. The van der Waals surface area contributed by atoms with Crippen molar-refractivity contribution in [3.05, 3.63) is 53.2 Å². The third kappa shape index (κ3) is 3.49. The number of aromatic amines is 1. The summed E-state index contributed by atoms with van der Waals surface area (Å²) in [7, 11) is 0. The predicted molar refractivity (Wildman–Crippen MR) is 104 cm³/mol. The highest BCUT2D eigenvalue weighted by Gasteiger charge is 2.32. The number of nitrogens with zero attached hydrogens (tertiary/aromatic N) is 2. The highest BCUT2D eigenvalue weighted by Crippen LogP contribution is 2.34. The van der Waals surface area contributed by atoms with Gasteiger partial charge in [-0.3, -0.25) is 4.79 Å². The molecule has 4 aromatic rings. The molecule has 7 nitrogen and oxygen atoms in total. The molecule has 1 aliphatic rings. The van der Waals surface area contributed by atoms with Crippen LogP contribution in [0.1, 0.15) is 28.0 Å². The number of fused-ring (bicyclic) bond motifs is 3. The standard InChI is InChI=1S/C21H15F3N4O3/c22-21(23,24)30-11-5-6-13(15(9-11)18(25)29)20-27-19(28-31-20)10-4-7-17-14(8-10)12-2-1-3-16(12)26-17/h4-9,26H,1-3H2,(H2,25,29). The van der Waals surface area contributed by atoms with Crippen LogP contribution in [0, 0.1) is 0 Å². The van der Waals surface area contributed by atoms with E-state index in [1.54, 1.807) is 0 Å². The zero-order chi connectivity index (χ0) is 21.8. The van der Waals surface area contributed by atoms with Gasteiger partial charge in [-0.05, 0) is 61.2 Å². The minimum Gasteiger partial charge on any atom is -0.406 e. The number of hydrogen-bond donors (Lipinski definition) is 2. The topological polar surface area (TPSA) is 107 Å². The predicted octanol–water partition coefficient (Wildman–Crippen LogP) is 4.37. The van der Waals surface area contributed by atoms with Crippen molar-refractivity contribution in [3.8, 4) is 28.6 Å². The van der Waals surface area contributed by atoms with Gasteiger partial charge in [-0.15, -0.1) is 13.2 Å². The van der Waals surface area contributed by atoms with Crippen LogP contribution in [0.2, 0.25) is 0 Å². The molecule has 0 fully saturated rings. The van der Waals surface area contributed by atoms with Crippen LogP contribution in [0.25, 0.3) is 33.7 Å². The van der Waals surface area contributed by atoms with E-state index in [2.05, 4.69) is 19.9 Å². The zero-order valence-corrected chi connectivity index (χ0v) is 15.9. The number of alkyl halides is 3. The molecule has 158 valence electrons. The zero-order valence-electron chi connectivity index (χ0n) is 15.9. The maximum Gasteiger partial charge on any atom is 0.573 e. The van der Waals surface area contributed by atoms with Crippen molar-refractivity contribution in [2.45, 2.75) is 25.6 Å². The normalized spacial score (nSPS) is 13.5. The average Bonchev–Trinajstić information content (AvgIpc) is 3.42. The van der Waals surface area contributed by atoms with Gasteiger partial charge in [0.15, 0.2) is 0 Å². The molecule has 5 rings (SSSR count). The van der Waals surface area contributed by atoms with Crippen LogP contribution in [0.3, 0.4) is 0 Å². The van der Waals surface area contributed by atoms with E-state index in [0.29, 0.717) is 5.56 Å². The smallest absolute Gasteiger partial charge is 0.406 e. The maximum absolute atomic E-state index is 12.5. The van der Waals surface area contributed by atoms with E-state index in [1.165, 1.54) is 17.3 Å². The Kier molecular flexibility index (Phi) is 4.24. The van der Waals surface area contributed by atoms with E-state index in [1.807, 2.05) is 18.2 Å². The first kappa shape index (κ1) is 19.2. The fourth-order valence-electron chi connectivity index (χ4n) is 3.94. The van der Waals surface area contributed by atoms with E-state index >= 15 is 0 Å². The van der Waals surface area contributed by atoms with Crippen LogP contribution < -0.4 is 10.5 Å². The number of rotatable bonds is 4. The highest BCUT2D eigenvalue weighted by atomic mass is 19.4. The number of aryl methyl sites for hydroxylation is 2. The second-order valence-corrected chi connectivity index (χ2v) is 7.24. The SMILES string of the molecule is NC(=O)c1cc(OC(F)(F)F)ccc1-c1nc(-c2ccc3[nH]c4c(c3c2)CCC4)no1. The molecule has 10 heteroatoms. The second kappa shape index (κ2) is 6.86. The summed E-state index contributed by atoms with van der Waals surface area (Å²) in [6.45, 7) is 0. The molecular weight excluding hydrogens is 413 g/mol. The Morgan fingerprint density at radius 3 is 2.77 bits per heavy atom.